The summed E-state index contributed by atoms with van der Waals surface area (Å²) in [5.74, 6) is 1.04. The Morgan fingerprint density at radius 2 is 2.14 bits per heavy atom. The van der Waals surface area contributed by atoms with Gasteiger partial charge in [0.25, 0.3) is 0 Å². The van der Waals surface area contributed by atoms with Gasteiger partial charge in [-0.1, -0.05) is 36.4 Å². The van der Waals surface area contributed by atoms with Crippen LogP contribution in [-0.4, -0.2) is 24.3 Å². The van der Waals surface area contributed by atoms with Gasteiger partial charge in [-0.25, -0.2) is 0 Å². The van der Waals surface area contributed by atoms with E-state index >= 15 is 0 Å². The molecule has 5 atom stereocenters. The molecule has 2 fully saturated rings. The monoisotopic (exact) mass is 281 g/mol. The largest absolute Gasteiger partial charge is 0.396 e. The Morgan fingerprint density at radius 3 is 3.05 bits per heavy atom. The number of piperidine rings is 1. The first-order chi connectivity index (χ1) is 10.3. The third-order valence-electron chi connectivity index (χ3n) is 7.08. The molecule has 6 rings (SSSR count). The molecule has 1 saturated carbocycles. The third-order valence-corrected chi connectivity index (χ3v) is 7.08. The summed E-state index contributed by atoms with van der Waals surface area (Å²) in [6, 6.07) is 9.68. The fourth-order valence-electron chi connectivity index (χ4n) is 6.19. The lowest BCUT2D eigenvalue weighted by molar-refractivity contribution is -0.0549. The van der Waals surface area contributed by atoms with Crippen molar-refractivity contribution in [3.05, 3.63) is 47.5 Å². The van der Waals surface area contributed by atoms with Crippen LogP contribution in [0.4, 0.5) is 0 Å². The van der Waals surface area contributed by atoms with Crippen LogP contribution in [0, 0.1) is 17.3 Å². The Hall–Kier alpha value is -1.12. The second-order valence-electron chi connectivity index (χ2n) is 7.61. The first-order valence-electron chi connectivity index (χ1n) is 8.41. The number of benzene rings is 1. The van der Waals surface area contributed by atoms with Crippen LogP contribution in [0.2, 0.25) is 0 Å². The van der Waals surface area contributed by atoms with E-state index in [0.717, 1.165) is 19.4 Å². The second kappa shape index (κ2) is 3.99. The van der Waals surface area contributed by atoms with E-state index in [1.54, 1.807) is 11.1 Å². The molecule has 1 spiro atoms. The van der Waals surface area contributed by atoms with Gasteiger partial charge in [-0.15, -0.1) is 0 Å². The molecule has 1 aromatic carbocycles. The van der Waals surface area contributed by atoms with Crippen molar-refractivity contribution in [1.82, 2.24) is 5.32 Å². The van der Waals surface area contributed by atoms with Gasteiger partial charge in [-0.05, 0) is 55.2 Å². The van der Waals surface area contributed by atoms with Crippen molar-refractivity contribution in [1.29, 1.82) is 0 Å². The normalized spacial score (nSPS) is 46.0. The fourth-order valence-corrected chi connectivity index (χ4v) is 6.19. The van der Waals surface area contributed by atoms with Gasteiger partial charge in [0.05, 0.1) is 0 Å². The van der Waals surface area contributed by atoms with Gasteiger partial charge in [-0.2, -0.15) is 0 Å². The summed E-state index contributed by atoms with van der Waals surface area (Å²) >= 11 is 0. The molecule has 4 bridgehead atoms. The first kappa shape index (κ1) is 12.4. The highest BCUT2D eigenvalue weighted by Crippen LogP contribution is 2.66. The van der Waals surface area contributed by atoms with E-state index in [9.17, 15) is 5.11 Å². The van der Waals surface area contributed by atoms with Crippen LogP contribution >= 0.6 is 0 Å². The summed E-state index contributed by atoms with van der Waals surface area (Å²) in [5, 5.41) is 13.6. The number of hydrogen-bond acceptors (Lipinski definition) is 2. The Balaban J connectivity index is 1.76. The average molecular weight is 281 g/mol. The number of allylic oxidation sites excluding steroid dienone is 1. The summed E-state index contributed by atoms with van der Waals surface area (Å²) in [7, 11) is 0. The molecule has 1 aromatic rings. The highest BCUT2D eigenvalue weighted by atomic mass is 16.3. The van der Waals surface area contributed by atoms with Crippen molar-refractivity contribution >= 4 is 0 Å². The average Bonchev–Trinajstić information content (AvgIpc) is 2.54. The Bertz CT molecular complexity index is 624. The molecule has 1 aliphatic heterocycles. The van der Waals surface area contributed by atoms with Gasteiger partial charge in [0.2, 0.25) is 0 Å². The number of aliphatic hydroxyl groups excluding tert-OH is 1. The zero-order valence-electron chi connectivity index (χ0n) is 12.4. The Morgan fingerprint density at radius 1 is 1.24 bits per heavy atom. The lowest BCUT2D eigenvalue weighted by Crippen LogP contribution is -2.69. The standard InChI is InChI=1S/C19H23NO/c21-12-15-11-19-6-5-14(15)10-18(19)7-8-20-17(19)9-13-3-1-2-4-16(13)18/h1-6,14-15,17,20-21H,7-12H2/t14?,15?,17-,18-,19+/m1/s1. The third kappa shape index (κ3) is 1.32. The summed E-state index contributed by atoms with van der Waals surface area (Å²) in [6.45, 7) is 1.49. The number of fused-ring (bicyclic) bond motifs is 2. The number of aliphatic hydroxyl groups is 1. The van der Waals surface area contributed by atoms with Gasteiger partial charge in [0.1, 0.15) is 0 Å². The van der Waals surface area contributed by atoms with Gasteiger partial charge in [-0.3, -0.25) is 0 Å². The summed E-state index contributed by atoms with van der Waals surface area (Å²) < 4.78 is 0. The molecular formula is C19H23NO. The molecule has 2 nitrogen and oxygen atoms in total. The highest BCUT2D eigenvalue weighted by Gasteiger charge is 2.65. The van der Waals surface area contributed by atoms with Crippen LogP contribution in [-0.2, 0) is 11.8 Å². The van der Waals surface area contributed by atoms with Crippen LogP contribution in [0.15, 0.2) is 36.4 Å². The summed E-state index contributed by atoms with van der Waals surface area (Å²) in [5.41, 5.74) is 3.74. The molecule has 0 amide bonds. The van der Waals surface area contributed by atoms with Crippen molar-refractivity contribution in [3.63, 3.8) is 0 Å². The van der Waals surface area contributed by atoms with E-state index in [0.29, 0.717) is 29.9 Å². The van der Waals surface area contributed by atoms with Crippen molar-refractivity contribution in [2.24, 2.45) is 17.3 Å². The van der Waals surface area contributed by atoms with E-state index < -0.39 is 0 Å². The van der Waals surface area contributed by atoms with Crippen molar-refractivity contribution in [3.8, 4) is 0 Å². The molecular weight excluding hydrogens is 258 g/mol. The molecule has 2 heteroatoms. The summed E-state index contributed by atoms with van der Waals surface area (Å²) in [4.78, 5) is 0. The Kier molecular flexibility index (Phi) is 2.36. The first-order valence-corrected chi connectivity index (χ1v) is 8.41. The van der Waals surface area contributed by atoms with Crippen LogP contribution in [0.1, 0.15) is 30.4 Å². The van der Waals surface area contributed by atoms with Crippen LogP contribution in [0.3, 0.4) is 0 Å². The van der Waals surface area contributed by atoms with Gasteiger partial charge in [0, 0.05) is 23.5 Å². The number of nitrogens with one attached hydrogen (secondary N) is 1. The predicted octanol–water partition coefficient (Wildman–Crippen LogP) is 2.42. The Labute approximate surface area is 126 Å². The zero-order chi connectivity index (χ0) is 14.1. The van der Waals surface area contributed by atoms with Crippen molar-refractivity contribution in [2.45, 2.75) is 37.1 Å². The molecule has 0 aromatic heterocycles. The molecule has 5 aliphatic rings. The molecule has 2 unspecified atom stereocenters. The predicted molar refractivity (Wildman–Crippen MR) is 83.1 cm³/mol. The van der Waals surface area contributed by atoms with Crippen LogP contribution in [0.5, 0.6) is 0 Å². The lowest BCUT2D eigenvalue weighted by Gasteiger charge is -2.67. The minimum absolute atomic E-state index is 0.238. The highest BCUT2D eigenvalue weighted by molar-refractivity contribution is 5.48. The van der Waals surface area contributed by atoms with E-state index in [2.05, 4.69) is 41.7 Å². The quantitative estimate of drug-likeness (QED) is 0.775. The van der Waals surface area contributed by atoms with Gasteiger partial charge < -0.3 is 10.4 Å². The van der Waals surface area contributed by atoms with E-state index in [1.165, 1.54) is 12.8 Å². The molecule has 1 saturated heterocycles. The minimum atomic E-state index is 0.238. The molecule has 2 N–H and O–H groups in total. The minimum Gasteiger partial charge on any atom is -0.396 e. The topological polar surface area (TPSA) is 32.3 Å². The van der Waals surface area contributed by atoms with E-state index in [-0.39, 0.29) is 5.41 Å². The second-order valence-corrected chi connectivity index (χ2v) is 7.61. The van der Waals surface area contributed by atoms with Gasteiger partial charge in [0.15, 0.2) is 0 Å². The molecule has 1 heterocycles. The molecule has 0 radical (unpaired) electrons. The zero-order valence-corrected chi connectivity index (χ0v) is 12.4. The van der Waals surface area contributed by atoms with E-state index in [1.807, 2.05) is 0 Å². The van der Waals surface area contributed by atoms with Crippen molar-refractivity contribution in [2.75, 3.05) is 13.2 Å². The van der Waals surface area contributed by atoms with Crippen LogP contribution < -0.4 is 5.32 Å². The lowest BCUT2D eigenvalue weighted by atomic mass is 9.39. The maximum Gasteiger partial charge on any atom is 0.0465 e. The smallest absolute Gasteiger partial charge is 0.0465 e. The molecule has 21 heavy (non-hydrogen) atoms. The maximum absolute atomic E-state index is 9.80. The van der Waals surface area contributed by atoms with Gasteiger partial charge >= 0.3 is 0 Å². The summed E-state index contributed by atoms with van der Waals surface area (Å²) in [6.07, 6.45) is 9.77. The molecule has 4 aliphatic carbocycles. The maximum atomic E-state index is 9.80. The van der Waals surface area contributed by atoms with E-state index in [4.69, 9.17) is 0 Å². The molecule has 110 valence electrons. The number of hydrogen-bond donors (Lipinski definition) is 2. The van der Waals surface area contributed by atoms with Crippen LogP contribution in [0.25, 0.3) is 0 Å². The van der Waals surface area contributed by atoms with Crippen molar-refractivity contribution < 1.29 is 5.11 Å². The SMILES string of the molecule is OCC1C[C@]23C=CC1C[C@@]21CCN[C@@H]3Cc2ccccc21. The number of rotatable bonds is 1. The fraction of sp³-hybridized carbons (Fsp3) is 0.579.